The number of hydrogen-bond acceptors (Lipinski definition) is 2. The molecule has 0 atom stereocenters. The van der Waals surface area contributed by atoms with Gasteiger partial charge in [0.2, 0.25) is 0 Å². The first-order valence-corrected chi connectivity index (χ1v) is 7.91. The quantitative estimate of drug-likeness (QED) is 0.740. The van der Waals surface area contributed by atoms with Gasteiger partial charge in [-0.25, -0.2) is 0 Å². The van der Waals surface area contributed by atoms with Crippen LogP contribution in [-0.4, -0.2) is 20.3 Å². The Morgan fingerprint density at radius 1 is 1.15 bits per heavy atom. The molecule has 1 N–H and O–H groups in total. The first-order valence-electron chi connectivity index (χ1n) is 7.91. The number of ether oxygens (including phenoxy) is 1. The maximum absolute atomic E-state index is 5.20. The van der Waals surface area contributed by atoms with Gasteiger partial charge in [-0.2, -0.15) is 0 Å². The molecule has 0 spiro atoms. The highest BCUT2D eigenvalue weighted by Crippen LogP contribution is 2.48. The van der Waals surface area contributed by atoms with Crippen LogP contribution in [0.1, 0.15) is 44.2 Å². The van der Waals surface area contributed by atoms with Crippen molar-refractivity contribution in [3.05, 3.63) is 35.4 Å². The normalized spacial score (nSPS) is 16.6. The summed E-state index contributed by atoms with van der Waals surface area (Å²) >= 11 is 0. The maximum atomic E-state index is 5.20. The third-order valence-electron chi connectivity index (χ3n) is 4.29. The van der Waals surface area contributed by atoms with E-state index >= 15 is 0 Å². The van der Waals surface area contributed by atoms with E-state index in [2.05, 4.69) is 43.4 Å². The van der Waals surface area contributed by atoms with Crippen molar-refractivity contribution in [3.8, 4) is 0 Å². The Morgan fingerprint density at radius 2 is 1.80 bits per heavy atom. The molecule has 0 aliphatic heterocycles. The molecule has 1 aliphatic rings. The van der Waals surface area contributed by atoms with E-state index in [1.54, 1.807) is 7.11 Å². The second-order valence-corrected chi connectivity index (χ2v) is 6.76. The van der Waals surface area contributed by atoms with E-state index in [4.69, 9.17) is 4.74 Å². The molecule has 0 bridgehead atoms. The molecule has 2 rings (SSSR count). The Hall–Kier alpha value is -0.860. The highest BCUT2D eigenvalue weighted by Gasteiger charge is 2.41. The summed E-state index contributed by atoms with van der Waals surface area (Å²) in [6.07, 6.45) is 5.09. The van der Waals surface area contributed by atoms with Crippen LogP contribution in [-0.2, 0) is 17.7 Å². The van der Waals surface area contributed by atoms with Crippen LogP contribution < -0.4 is 5.32 Å². The maximum Gasteiger partial charge on any atom is 0.0468 e. The first kappa shape index (κ1) is 15.5. The molecule has 1 aromatic carbocycles. The summed E-state index contributed by atoms with van der Waals surface area (Å²) in [5, 5.41) is 3.62. The minimum Gasteiger partial charge on any atom is -0.385 e. The molecule has 1 saturated carbocycles. The van der Waals surface area contributed by atoms with E-state index < -0.39 is 0 Å². The van der Waals surface area contributed by atoms with Crippen LogP contribution in [0, 0.1) is 11.3 Å². The number of rotatable bonds is 9. The summed E-state index contributed by atoms with van der Waals surface area (Å²) < 4.78 is 5.20. The lowest BCUT2D eigenvalue weighted by Crippen LogP contribution is -2.24. The molecule has 2 heteroatoms. The molecule has 0 aromatic heterocycles. The molecule has 20 heavy (non-hydrogen) atoms. The van der Waals surface area contributed by atoms with Gasteiger partial charge in [-0.3, -0.25) is 0 Å². The average molecular weight is 275 g/mol. The van der Waals surface area contributed by atoms with Crippen molar-refractivity contribution in [3.63, 3.8) is 0 Å². The van der Waals surface area contributed by atoms with Gasteiger partial charge in [-0.05, 0) is 48.1 Å². The lowest BCUT2D eigenvalue weighted by atomic mass is 10.0. The van der Waals surface area contributed by atoms with Gasteiger partial charge in [0.15, 0.2) is 0 Å². The van der Waals surface area contributed by atoms with Gasteiger partial charge < -0.3 is 10.1 Å². The van der Waals surface area contributed by atoms with Crippen molar-refractivity contribution in [1.82, 2.24) is 5.32 Å². The summed E-state index contributed by atoms with van der Waals surface area (Å²) in [5.41, 5.74) is 3.37. The first-order chi connectivity index (χ1) is 9.63. The van der Waals surface area contributed by atoms with Gasteiger partial charge in [0.05, 0.1) is 0 Å². The van der Waals surface area contributed by atoms with Crippen LogP contribution in [0.25, 0.3) is 0 Å². The highest BCUT2D eigenvalue weighted by atomic mass is 16.5. The number of hydrogen-bond donors (Lipinski definition) is 1. The molecular formula is C18H29NO. The summed E-state index contributed by atoms with van der Waals surface area (Å²) in [7, 11) is 1.79. The van der Waals surface area contributed by atoms with Gasteiger partial charge in [0.25, 0.3) is 0 Å². The number of benzene rings is 1. The molecule has 0 radical (unpaired) electrons. The average Bonchev–Trinajstić information content (AvgIpc) is 3.18. The fraction of sp³-hybridized carbons (Fsp3) is 0.667. The zero-order chi connectivity index (χ0) is 14.4. The largest absolute Gasteiger partial charge is 0.385 e. The smallest absolute Gasteiger partial charge is 0.0468 e. The minimum absolute atomic E-state index is 0.535. The Balaban J connectivity index is 1.71. The molecular weight excluding hydrogens is 246 g/mol. The Morgan fingerprint density at radius 3 is 2.35 bits per heavy atom. The molecule has 0 heterocycles. The molecule has 1 aromatic rings. The lowest BCUT2D eigenvalue weighted by molar-refractivity contribution is 0.171. The van der Waals surface area contributed by atoms with Gasteiger partial charge in [0.1, 0.15) is 0 Å². The molecule has 0 amide bonds. The molecule has 112 valence electrons. The number of nitrogens with one attached hydrogen (secondary N) is 1. The molecule has 0 unspecified atom stereocenters. The topological polar surface area (TPSA) is 21.3 Å². The van der Waals surface area contributed by atoms with Crippen molar-refractivity contribution >= 4 is 0 Å². The molecule has 0 saturated heterocycles. The van der Waals surface area contributed by atoms with Crippen LogP contribution in [0.3, 0.4) is 0 Å². The van der Waals surface area contributed by atoms with Gasteiger partial charge in [-0.15, -0.1) is 0 Å². The van der Waals surface area contributed by atoms with Crippen LogP contribution in [0.15, 0.2) is 24.3 Å². The Labute approximate surface area is 123 Å². The second-order valence-electron chi connectivity index (χ2n) is 6.76. The Kier molecular flexibility index (Phi) is 5.62. The van der Waals surface area contributed by atoms with Crippen molar-refractivity contribution in [1.29, 1.82) is 0 Å². The predicted molar refractivity (Wildman–Crippen MR) is 84.9 cm³/mol. The van der Waals surface area contributed by atoms with Crippen LogP contribution in [0.2, 0.25) is 0 Å². The summed E-state index contributed by atoms with van der Waals surface area (Å²) in [4.78, 5) is 0. The monoisotopic (exact) mass is 275 g/mol. The fourth-order valence-electron chi connectivity index (χ4n) is 2.75. The van der Waals surface area contributed by atoms with Crippen molar-refractivity contribution in [2.45, 2.75) is 46.1 Å². The van der Waals surface area contributed by atoms with Gasteiger partial charge in [0, 0.05) is 26.8 Å². The van der Waals surface area contributed by atoms with E-state index in [1.165, 1.54) is 36.8 Å². The van der Waals surface area contributed by atoms with Crippen LogP contribution >= 0.6 is 0 Å². The third-order valence-corrected chi connectivity index (χ3v) is 4.29. The van der Waals surface area contributed by atoms with Gasteiger partial charge in [-0.1, -0.05) is 38.1 Å². The SMILES string of the molecule is COCCC1(CNCc2ccc(CC(C)C)cc2)CC1. The second kappa shape index (κ2) is 7.24. The molecule has 1 fully saturated rings. The number of methoxy groups -OCH3 is 1. The van der Waals surface area contributed by atoms with Crippen molar-refractivity contribution < 1.29 is 4.74 Å². The zero-order valence-corrected chi connectivity index (χ0v) is 13.2. The van der Waals surface area contributed by atoms with Crippen molar-refractivity contribution in [2.75, 3.05) is 20.3 Å². The molecule has 1 aliphatic carbocycles. The minimum atomic E-state index is 0.535. The molecule has 2 nitrogen and oxygen atoms in total. The highest BCUT2D eigenvalue weighted by molar-refractivity contribution is 5.22. The van der Waals surface area contributed by atoms with E-state index in [-0.39, 0.29) is 0 Å². The summed E-state index contributed by atoms with van der Waals surface area (Å²) in [6, 6.07) is 9.07. The zero-order valence-electron chi connectivity index (χ0n) is 13.2. The van der Waals surface area contributed by atoms with Gasteiger partial charge >= 0.3 is 0 Å². The van der Waals surface area contributed by atoms with E-state index in [1.807, 2.05) is 0 Å². The van der Waals surface area contributed by atoms with E-state index in [0.717, 1.165) is 25.6 Å². The predicted octanol–water partition coefficient (Wildman–Crippen LogP) is 3.79. The standard InChI is InChI=1S/C18H29NO/c1-15(2)12-16-4-6-17(7-5-16)13-19-14-18(8-9-18)10-11-20-3/h4-7,15,19H,8-14H2,1-3H3. The van der Waals surface area contributed by atoms with E-state index in [9.17, 15) is 0 Å². The van der Waals surface area contributed by atoms with Crippen LogP contribution in [0.4, 0.5) is 0 Å². The summed E-state index contributed by atoms with van der Waals surface area (Å²) in [6.45, 7) is 7.54. The Bertz CT molecular complexity index is 392. The summed E-state index contributed by atoms with van der Waals surface area (Å²) in [5.74, 6) is 0.731. The lowest BCUT2D eigenvalue weighted by Gasteiger charge is -2.15. The van der Waals surface area contributed by atoms with Crippen molar-refractivity contribution in [2.24, 2.45) is 11.3 Å². The third kappa shape index (κ3) is 4.92. The fourth-order valence-corrected chi connectivity index (χ4v) is 2.75. The van der Waals surface area contributed by atoms with Crippen LogP contribution in [0.5, 0.6) is 0 Å². The van der Waals surface area contributed by atoms with E-state index in [0.29, 0.717) is 5.41 Å².